The number of carbonyl (C=O) groups excluding carboxylic acids is 1. The largest absolute Gasteiger partial charge is 0.493 e. The molecule has 1 amide bonds. The van der Waals surface area contributed by atoms with Crippen LogP contribution in [0.15, 0.2) is 60.9 Å². The minimum absolute atomic E-state index is 0. The van der Waals surface area contributed by atoms with Gasteiger partial charge in [0.1, 0.15) is 11.6 Å². The lowest BCUT2D eigenvalue weighted by molar-refractivity contribution is 0.0953. The number of amides is 1. The predicted octanol–water partition coefficient (Wildman–Crippen LogP) is 4.30. The van der Waals surface area contributed by atoms with E-state index in [0.29, 0.717) is 35.6 Å². The highest BCUT2D eigenvalue weighted by Crippen LogP contribution is 2.33. The minimum Gasteiger partial charge on any atom is -0.493 e. The number of halogens is 3. The molecule has 0 aliphatic rings. The second-order valence-electron chi connectivity index (χ2n) is 6.33. The third kappa shape index (κ3) is 7.40. The zero-order valence-electron chi connectivity index (χ0n) is 16.8. The fraction of sp³-hybridized carbons (Fsp3) is 0.182. The van der Waals surface area contributed by atoms with Crippen LogP contribution >= 0.6 is 24.8 Å². The Kier molecular flexibility index (Phi) is 10.8. The Morgan fingerprint density at radius 2 is 1.77 bits per heavy atom. The van der Waals surface area contributed by atoms with Gasteiger partial charge < -0.3 is 20.5 Å². The fourth-order valence-electron chi connectivity index (χ4n) is 2.79. The van der Waals surface area contributed by atoms with Gasteiger partial charge in [0, 0.05) is 37.1 Å². The van der Waals surface area contributed by atoms with Crippen molar-refractivity contribution in [2.45, 2.75) is 13.0 Å². The predicted molar refractivity (Wildman–Crippen MR) is 122 cm³/mol. The number of ether oxygens (including phenoxy) is 2. The first-order valence-electron chi connectivity index (χ1n) is 9.11. The summed E-state index contributed by atoms with van der Waals surface area (Å²) < 4.78 is 24.8. The van der Waals surface area contributed by atoms with Crippen LogP contribution in [0.25, 0.3) is 0 Å². The summed E-state index contributed by atoms with van der Waals surface area (Å²) in [7, 11) is 1.49. The Balaban J connectivity index is 0.00000240. The van der Waals surface area contributed by atoms with Crippen molar-refractivity contribution < 1.29 is 18.7 Å². The number of pyridine rings is 1. The van der Waals surface area contributed by atoms with E-state index in [1.807, 2.05) is 12.1 Å². The number of rotatable bonds is 8. The molecule has 3 N–H and O–H groups in total. The molecule has 0 fully saturated rings. The highest BCUT2D eigenvalue weighted by molar-refractivity contribution is 5.94. The van der Waals surface area contributed by atoms with Crippen LogP contribution in [-0.2, 0) is 13.0 Å². The number of carbonyl (C=O) groups is 1. The molecule has 1 heterocycles. The van der Waals surface area contributed by atoms with E-state index in [9.17, 15) is 9.18 Å². The van der Waals surface area contributed by atoms with Crippen molar-refractivity contribution in [2.75, 3.05) is 13.7 Å². The number of nitrogens with two attached hydrogens (primary N) is 1. The van der Waals surface area contributed by atoms with Crippen LogP contribution in [0, 0.1) is 5.82 Å². The van der Waals surface area contributed by atoms with E-state index in [1.165, 1.54) is 19.2 Å². The summed E-state index contributed by atoms with van der Waals surface area (Å²) in [5, 5.41) is 2.87. The highest BCUT2D eigenvalue weighted by Gasteiger charge is 2.13. The molecule has 0 atom stereocenters. The molecule has 3 rings (SSSR count). The molecule has 0 saturated carbocycles. The average Bonchev–Trinajstić information content (AvgIpc) is 2.74. The Morgan fingerprint density at radius 3 is 2.45 bits per heavy atom. The van der Waals surface area contributed by atoms with Crippen molar-refractivity contribution in [1.29, 1.82) is 0 Å². The van der Waals surface area contributed by atoms with Gasteiger partial charge in [-0.15, -0.1) is 24.8 Å². The van der Waals surface area contributed by atoms with Gasteiger partial charge in [0.25, 0.3) is 5.91 Å². The lowest BCUT2D eigenvalue weighted by Crippen LogP contribution is -2.25. The molecule has 0 saturated heterocycles. The van der Waals surface area contributed by atoms with Crippen molar-refractivity contribution in [3.8, 4) is 17.2 Å². The van der Waals surface area contributed by atoms with Gasteiger partial charge in [-0.25, -0.2) is 4.39 Å². The lowest BCUT2D eigenvalue weighted by Gasteiger charge is -2.13. The average molecular weight is 468 g/mol. The summed E-state index contributed by atoms with van der Waals surface area (Å²) in [6, 6.07) is 12.9. The fourth-order valence-corrected chi connectivity index (χ4v) is 2.79. The number of aromatic nitrogens is 1. The molecule has 31 heavy (non-hydrogen) atoms. The Bertz CT molecular complexity index is 991. The monoisotopic (exact) mass is 467 g/mol. The number of hydrogen-bond acceptors (Lipinski definition) is 5. The SMILES string of the molecule is COc1ccc(C(=O)NCCc2ccncc2)cc1Oc1cc(F)cc(CN)c1.Cl.Cl. The van der Waals surface area contributed by atoms with E-state index >= 15 is 0 Å². The molecule has 6 nitrogen and oxygen atoms in total. The molecule has 0 radical (unpaired) electrons. The van der Waals surface area contributed by atoms with E-state index in [1.54, 1.807) is 36.7 Å². The maximum absolute atomic E-state index is 13.8. The topological polar surface area (TPSA) is 86.5 Å². The summed E-state index contributed by atoms with van der Waals surface area (Å²) in [6.07, 6.45) is 4.12. The third-order valence-electron chi connectivity index (χ3n) is 4.27. The maximum Gasteiger partial charge on any atom is 0.251 e. The Morgan fingerprint density at radius 1 is 1.03 bits per heavy atom. The summed E-state index contributed by atoms with van der Waals surface area (Å²) in [4.78, 5) is 16.5. The minimum atomic E-state index is -0.452. The van der Waals surface area contributed by atoms with Crippen LogP contribution in [0.4, 0.5) is 4.39 Å². The third-order valence-corrected chi connectivity index (χ3v) is 4.27. The van der Waals surface area contributed by atoms with Crippen molar-refractivity contribution in [3.05, 3.63) is 83.4 Å². The van der Waals surface area contributed by atoms with Gasteiger partial charge in [-0.2, -0.15) is 0 Å². The second-order valence-corrected chi connectivity index (χ2v) is 6.33. The first-order chi connectivity index (χ1) is 14.1. The van der Waals surface area contributed by atoms with Crippen LogP contribution in [0.5, 0.6) is 17.2 Å². The normalized spacial score (nSPS) is 9.77. The van der Waals surface area contributed by atoms with Crippen LogP contribution in [0.3, 0.4) is 0 Å². The molecular weight excluding hydrogens is 444 g/mol. The molecule has 1 aromatic heterocycles. The van der Waals surface area contributed by atoms with Gasteiger partial charge in [-0.3, -0.25) is 9.78 Å². The molecular formula is C22H24Cl2FN3O3. The van der Waals surface area contributed by atoms with Crippen molar-refractivity contribution in [1.82, 2.24) is 10.3 Å². The van der Waals surface area contributed by atoms with E-state index in [-0.39, 0.29) is 43.0 Å². The van der Waals surface area contributed by atoms with Crippen molar-refractivity contribution in [2.24, 2.45) is 5.73 Å². The van der Waals surface area contributed by atoms with E-state index in [4.69, 9.17) is 15.2 Å². The number of nitrogens with one attached hydrogen (secondary N) is 1. The molecule has 0 aliphatic heterocycles. The van der Waals surface area contributed by atoms with Gasteiger partial charge in [0.15, 0.2) is 11.5 Å². The zero-order valence-corrected chi connectivity index (χ0v) is 18.5. The quantitative estimate of drug-likeness (QED) is 0.515. The standard InChI is InChI=1S/C22H22FN3O3.2ClH/c1-28-20-3-2-17(22(27)26-9-6-15-4-7-25-8-5-15)12-21(20)29-19-11-16(14-24)10-18(23)13-19;;/h2-5,7-8,10-13H,6,9,14,24H2,1H3,(H,26,27);2*1H. The maximum atomic E-state index is 13.8. The summed E-state index contributed by atoms with van der Waals surface area (Å²) >= 11 is 0. The zero-order chi connectivity index (χ0) is 20.6. The van der Waals surface area contributed by atoms with Gasteiger partial charge in [0.2, 0.25) is 0 Å². The molecule has 0 bridgehead atoms. The molecule has 9 heteroatoms. The Labute approximate surface area is 192 Å². The van der Waals surface area contributed by atoms with Gasteiger partial charge >= 0.3 is 0 Å². The van der Waals surface area contributed by atoms with E-state index in [2.05, 4.69) is 10.3 Å². The lowest BCUT2D eigenvalue weighted by atomic mass is 10.1. The first kappa shape index (κ1) is 26.2. The number of methoxy groups -OCH3 is 1. The van der Waals surface area contributed by atoms with Gasteiger partial charge in [-0.1, -0.05) is 0 Å². The first-order valence-corrected chi connectivity index (χ1v) is 9.11. The van der Waals surface area contributed by atoms with Gasteiger partial charge in [0.05, 0.1) is 7.11 Å². The number of hydrogen-bond donors (Lipinski definition) is 2. The smallest absolute Gasteiger partial charge is 0.251 e. The molecule has 0 unspecified atom stereocenters. The van der Waals surface area contributed by atoms with E-state index in [0.717, 1.165) is 5.56 Å². The number of benzene rings is 2. The van der Waals surface area contributed by atoms with Gasteiger partial charge in [-0.05, 0) is 60.0 Å². The highest BCUT2D eigenvalue weighted by atomic mass is 35.5. The van der Waals surface area contributed by atoms with Crippen LogP contribution in [0.2, 0.25) is 0 Å². The molecule has 2 aromatic carbocycles. The van der Waals surface area contributed by atoms with Crippen molar-refractivity contribution >= 4 is 30.7 Å². The summed E-state index contributed by atoms with van der Waals surface area (Å²) in [5.41, 5.74) is 7.68. The summed E-state index contributed by atoms with van der Waals surface area (Å²) in [6.45, 7) is 0.667. The molecule has 0 aliphatic carbocycles. The van der Waals surface area contributed by atoms with E-state index < -0.39 is 5.82 Å². The molecule has 166 valence electrons. The molecule has 0 spiro atoms. The molecule has 3 aromatic rings. The van der Waals surface area contributed by atoms with Crippen LogP contribution in [0.1, 0.15) is 21.5 Å². The number of nitrogens with zero attached hydrogens (tertiary/aromatic N) is 1. The summed E-state index contributed by atoms with van der Waals surface area (Å²) in [5.74, 6) is 0.319. The second kappa shape index (κ2) is 12.7. The van der Waals surface area contributed by atoms with Crippen LogP contribution in [-0.4, -0.2) is 24.5 Å². The Hall–Kier alpha value is -2.87. The van der Waals surface area contributed by atoms with Crippen LogP contribution < -0.4 is 20.5 Å². The van der Waals surface area contributed by atoms with Crippen molar-refractivity contribution in [3.63, 3.8) is 0 Å².